The number of hydrogen-bond donors (Lipinski definition) is 3. The number of ether oxygens (including phenoxy) is 1. The molecule has 0 aliphatic rings. The van der Waals surface area contributed by atoms with E-state index in [2.05, 4.69) is 21.2 Å². The Morgan fingerprint density at radius 1 is 1.16 bits per heavy atom. The number of carbonyl (C=O) groups excluding carboxylic acids is 3. The highest BCUT2D eigenvalue weighted by molar-refractivity contribution is 7.14. The molecule has 0 bridgehead atoms. The van der Waals surface area contributed by atoms with Crippen molar-refractivity contribution in [2.75, 3.05) is 5.32 Å². The zero-order valence-corrected chi connectivity index (χ0v) is 19.0. The highest BCUT2D eigenvalue weighted by atomic mass is 32.1. The Morgan fingerprint density at radius 2 is 1.94 bits per heavy atom. The summed E-state index contributed by atoms with van der Waals surface area (Å²) in [7, 11) is 0. The van der Waals surface area contributed by atoms with E-state index < -0.39 is 17.9 Å². The van der Waals surface area contributed by atoms with E-state index in [1.165, 1.54) is 17.6 Å². The fourth-order valence-electron chi connectivity index (χ4n) is 2.77. The van der Waals surface area contributed by atoms with Crippen LogP contribution in [0, 0.1) is 20.8 Å². The van der Waals surface area contributed by atoms with E-state index in [9.17, 15) is 14.4 Å². The van der Waals surface area contributed by atoms with Crippen LogP contribution in [0.3, 0.4) is 0 Å². The molecular weight excluding hydrogens is 432 g/mol. The van der Waals surface area contributed by atoms with Crippen molar-refractivity contribution >= 4 is 34.2 Å². The molecule has 2 heterocycles. The van der Waals surface area contributed by atoms with Crippen molar-refractivity contribution in [1.82, 2.24) is 15.8 Å². The molecule has 0 saturated heterocycles. The summed E-state index contributed by atoms with van der Waals surface area (Å²) >= 11 is 1.19. The molecule has 2 aromatic heterocycles. The summed E-state index contributed by atoms with van der Waals surface area (Å²) in [6.07, 6.45) is 0.566. The van der Waals surface area contributed by atoms with Gasteiger partial charge in [-0.25, -0.2) is 4.98 Å². The van der Waals surface area contributed by atoms with Gasteiger partial charge in [0, 0.05) is 5.38 Å². The number of hydrogen-bond acceptors (Lipinski definition) is 7. The minimum Gasteiger partial charge on any atom is -0.481 e. The van der Waals surface area contributed by atoms with Crippen LogP contribution >= 0.6 is 11.3 Å². The van der Waals surface area contributed by atoms with Gasteiger partial charge >= 0.3 is 0 Å². The van der Waals surface area contributed by atoms with Gasteiger partial charge in [0.2, 0.25) is 5.91 Å². The number of aromatic nitrogens is 1. The van der Waals surface area contributed by atoms with Crippen LogP contribution in [0.5, 0.6) is 5.75 Å². The zero-order valence-electron chi connectivity index (χ0n) is 18.1. The molecule has 0 saturated carbocycles. The maximum atomic E-state index is 12.2. The lowest BCUT2D eigenvalue weighted by molar-refractivity contribution is -0.132. The molecule has 10 heteroatoms. The van der Waals surface area contributed by atoms with Crippen molar-refractivity contribution in [3.8, 4) is 5.75 Å². The molecule has 32 heavy (non-hydrogen) atoms. The van der Waals surface area contributed by atoms with Crippen molar-refractivity contribution < 1.29 is 23.5 Å². The predicted octanol–water partition coefficient (Wildman–Crippen LogP) is 3.07. The van der Waals surface area contributed by atoms with Crippen molar-refractivity contribution in [3.05, 3.63) is 64.1 Å². The summed E-state index contributed by atoms with van der Waals surface area (Å²) in [4.78, 5) is 40.8. The van der Waals surface area contributed by atoms with Gasteiger partial charge < -0.3 is 9.15 Å². The predicted molar refractivity (Wildman–Crippen MR) is 120 cm³/mol. The number of nitrogens with zero attached hydrogens (tertiary/aromatic N) is 1. The lowest BCUT2D eigenvalue weighted by Gasteiger charge is -2.17. The van der Waals surface area contributed by atoms with E-state index in [1.807, 2.05) is 26.0 Å². The lowest BCUT2D eigenvalue weighted by atomic mass is 10.1. The van der Waals surface area contributed by atoms with E-state index >= 15 is 0 Å². The first-order chi connectivity index (χ1) is 15.2. The minimum atomic E-state index is -0.803. The molecule has 3 amide bonds. The standard InChI is InChI=1S/C22H24N4O5S/c1-12-6-5-7-18(13(12)2)31-15(4)20(28)26-25-19(27)10-16-11-32-22(23-16)24-21(29)17-8-9-30-14(17)3/h5-9,11,15H,10H2,1-4H3,(H,25,27)(H,26,28)(H,23,24,29). The Balaban J connectivity index is 1.46. The number of furan rings is 1. The topological polar surface area (TPSA) is 123 Å². The average Bonchev–Trinajstić information content (AvgIpc) is 3.38. The monoisotopic (exact) mass is 456 g/mol. The molecule has 0 aliphatic heterocycles. The molecule has 0 fully saturated rings. The van der Waals surface area contributed by atoms with Gasteiger partial charge in [-0.2, -0.15) is 0 Å². The van der Waals surface area contributed by atoms with Gasteiger partial charge in [0.25, 0.3) is 11.8 Å². The Hall–Kier alpha value is -3.66. The van der Waals surface area contributed by atoms with Gasteiger partial charge in [-0.15, -0.1) is 11.3 Å². The van der Waals surface area contributed by atoms with E-state index in [4.69, 9.17) is 9.15 Å². The number of amides is 3. The summed E-state index contributed by atoms with van der Waals surface area (Å²) in [5.74, 6) is -0.161. The number of rotatable bonds is 7. The highest BCUT2D eigenvalue weighted by Gasteiger charge is 2.18. The Labute approximate surface area is 189 Å². The fraction of sp³-hybridized carbons (Fsp3) is 0.273. The van der Waals surface area contributed by atoms with Crippen LogP contribution in [0.25, 0.3) is 0 Å². The Morgan fingerprint density at radius 3 is 2.66 bits per heavy atom. The second-order valence-corrected chi connectivity index (χ2v) is 8.02. The lowest BCUT2D eigenvalue weighted by Crippen LogP contribution is -2.47. The van der Waals surface area contributed by atoms with Crippen LogP contribution in [0.1, 0.15) is 39.9 Å². The zero-order chi connectivity index (χ0) is 23.3. The SMILES string of the molecule is Cc1cccc(OC(C)C(=O)NNC(=O)Cc2csc(NC(=O)c3ccoc3C)n2)c1C. The maximum absolute atomic E-state index is 12.2. The molecule has 0 aliphatic carbocycles. The molecule has 168 valence electrons. The third-order valence-electron chi connectivity index (χ3n) is 4.77. The fourth-order valence-corrected chi connectivity index (χ4v) is 3.47. The molecule has 3 aromatic rings. The number of aryl methyl sites for hydroxylation is 2. The Bertz CT molecular complexity index is 1140. The van der Waals surface area contributed by atoms with Crippen LogP contribution < -0.4 is 20.9 Å². The summed E-state index contributed by atoms with van der Waals surface area (Å²) in [5, 5.41) is 4.68. The first-order valence-corrected chi connectivity index (χ1v) is 10.7. The summed E-state index contributed by atoms with van der Waals surface area (Å²) in [6, 6.07) is 7.17. The summed E-state index contributed by atoms with van der Waals surface area (Å²) < 4.78 is 10.8. The third kappa shape index (κ3) is 5.73. The Kier molecular flexibility index (Phi) is 7.26. The average molecular weight is 457 g/mol. The van der Waals surface area contributed by atoms with Crippen molar-refractivity contribution in [3.63, 3.8) is 0 Å². The first-order valence-electron chi connectivity index (χ1n) is 9.86. The normalized spacial score (nSPS) is 11.5. The van der Waals surface area contributed by atoms with Gasteiger partial charge in [0.05, 0.1) is 23.9 Å². The van der Waals surface area contributed by atoms with Crippen LogP contribution in [-0.2, 0) is 16.0 Å². The van der Waals surface area contributed by atoms with Crippen molar-refractivity contribution in [2.24, 2.45) is 0 Å². The van der Waals surface area contributed by atoms with E-state index in [1.54, 1.807) is 31.4 Å². The summed E-state index contributed by atoms with van der Waals surface area (Å²) in [5.41, 5.74) is 7.58. The number of anilines is 1. The molecule has 1 atom stereocenters. The molecule has 9 nitrogen and oxygen atoms in total. The van der Waals surface area contributed by atoms with E-state index in [0.29, 0.717) is 27.9 Å². The number of carbonyl (C=O) groups is 3. The van der Waals surface area contributed by atoms with Crippen LogP contribution in [0.4, 0.5) is 5.13 Å². The smallest absolute Gasteiger partial charge is 0.279 e. The largest absolute Gasteiger partial charge is 0.481 e. The second-order valence-electron chi connectivity index (χ2n) is 7.16. The van der Waals surface area contributed by atoms with Crippen LogP contribution in [-0.4, -0.2) is 28.8 Å². The highest BCUT2D eigenvalue weighted by Crippen LogP contribution is 2.22. The van der Waals surface area contributed by atoms with Crippen molar-refractivity contribution in [2.45, 2.75) is 40.2 Å². The maximum Gasteiger partial charge on any atom is 0.279 e. The van der Waals surface area contributed by atoms with Crippen LogP contribution in [0.15, 0.2) is 40.3 Å². The molecule has 0 radical (unpaired) electrons. The molecule has 0 spiro atoms. The number of thiazole rings is 1. The van der Waals surface area contributed by atoms with E-state index in [0.717, 1.165) is 11.1 Å². The van der Waals surface area contributed by atoms with E-state index in [-0.39, 0.29) is 12.3 Å². The van der Waals surface area contributed by atoms with Crippen molar-refractivity contribution in [1.29, 1.82) is 0 Å². The van der Waals surface area contributed by atoms with Gasteiger partial charge in [0.15, 0.2) is 11.2 Å². The summed E-state index contributed by atoms with van der Waals surface area (Å²) in [6.45, 7) is 7.16. The minimum absolute atomic E-state index is 0.0659. The molecule has 3 N–H and O–H groups in total. The molecule has 3 rings (SSSR count). The van der Waals surface area contributed by atoms with Gasteiger partial charge in [0.1, 0.15) is 11.5 Å². The van der Waals surface area contributed by atoms with Gasteiger partial charge in [-0.05, 0) is 51.0 Å². The third-order valence-corrected chi connectivity index (χ3v) is 5.58. The second kappa shape index (κ2) is 10.1. The number of nitrogens with one attached hydrogen (secondary N) is 3. The van der Waals surface area contributed by atoms with Gasteiger partial charge in [-0.1, -0.05) is 12.1 Å². The molecule has 1 unspecified atom stereocenters. The van der Waals surface area contributed by atoms with Gasteiger partial charge in [-0.3, -0.25) is 30.6 Å². The number of hydrazine groups is 1. The molecule has 1 aromatic carbocycles. The number of benzene rings is 1. The molecular formula is C22H24N4O5S. The quantitative estimate of drug-likeness (QED) is 0.470. The van der Waals surface area contributed by atoms with Crippen LogP contribution in [0.2, 0.25) is 0 Å². The first kappa shape index (κ1) is 23.0.